The highest BCUT2D eigenvalue weighted by Crippen LogP contribution is 2.28. The van der Waals surface area contributed by atoms with Crippen LogP contribution in [0.25, 0.3) is 11.1 Å². The minimum Gasteiger partial charge on any atom is -0.478 e. The number of carboxylic acid groups (broad SMARTS) is 1. The molecule has 0 spiro atoms. The normalized spacial score (nSPS) is 10.3. The van der Waals surface area contributed by atoms with Gasteiger partial charge in [0.15, 0.2) is 5.75 Å². The Balaban J connectivity index is 2.58. The number of aromatic carboxylic acids is 1. The van der Waals surface area contributed by atoms with Crippen LogP contribution in [0.15, 0.2) is 36.4 Å². The molecule has 91 valence electrons. The average molecular weight is 249 g/mol. The second kappa shape index (κ2) is 4.44. The van der Waals surface area contributed by atoms with E-state index in [4.69, 9.17) is 5.11 Å². The molecule has 0 heterocycles. The van der Waals surface area contributed by atoms with Crippen LogP contribution in [0.5, 0.6) is 5.75 Å². The first-order valence-corrected chi connectivity index (χ1v) is 4.99. The third-order valence-corrected chi connectivity index (χ3v) is 2.45. The summed E-state index contributed by atoms with van der Waals surface area (Å²) >= 11 is 0. The van der Waals surface area contributed by atoms with E-state index >= 15 is 0 Å². The lowest BCUT2D eigenvalue weighted by Crippen LogP contribution is -1.97. The molecule has 0 aliphatic rings. The van der Waals surface area contributed by atoms with Gasteiger partial charge in [-0.25, -0.2) is 13.6 Å². The minimum atomic E-state index is -1.38. The highest BCUT2D eigenvalue weighted by molar-refractivity contribution is 5.92. The number of hydrogen-bond acceptors (Lipinski definition) is 1. The molecule has 2 aromatic carbocycles. The van der Waals surface area contributed by atoms with Gasteiger partial charge < -0.3 is 5.11 Å². The predicted octanol–water partition coefficient (Wildman–Crippen LogP) is 3.47. The Labute approximate surface area is 101 Å². The highest BCUT2D eigenvalue weighted by Gasteiger charge is 2.14. The Kier molecular flexibility index (Phi) is 2.97. The molecule has 0 aliphatic heterocycles. The molecular weight excluding hydrogens is 242 g/mol. The van der Waals surface area contributed by atoms with Crippen molar-refractivity contribution in [2.24, 2.45) is 0 Å². The van der Waals surface area contributed by atoms with E-state index in [1.165, 1.54) is 12.1 Å². The lowest BCUT2D eigenvalue weighted by Gasteiger charge is -2.05. The van der Waals surface area contributed by atoms with E-state index in [2.05, 4.69) is 0 Å². The van der Waals surface area contributed by atoms with E-state index < -0.39 is 28.9 Å². The monoisotopic (exact) mass is 249 g/mol. The zero-order chi connectivity index (χ0) is 13.3. The van der Waals surface area contributed by atoms with Gasteiger partial charge in [-0.15, -0.1) is 0 Å². The molecule has 18 heavy (non-hydrogen) atoms. The Morgan fingerprint density at radius 3 is 2.39 bits per heavy atom. The summed E-state index contributed by atoms with van der Waals surface area (Å²) in [5.41, 5.74) is -0.195. The molecule has 2 rings (SSSR count). The third kappa shape index (κ3) is 2.15. The summed E-state index contributed by atoms with van der Waals surface area (Å²) in [4.78, 5) is 10.8. The van der Waals surface area contributed by atoms with Gasteiger partial charge in [-0.2, -0.15) is 0 Å². The smallest absolute Gasteiger partial charge is 0.339 e. The molecule has 2 aromatic rings. The summed E-state index contributed by atoms with van der Waals surface area (Å²) in [5.74, 6) is -3.58. The van der Waals surface area contributed by atoms with Crippen molar-refractivity contribution in [2.45, 2.75) is 0 Å². The summed E-state index contributed by atoms with van der Waals surface area (Å²) in [5, 5.41) is 20.0. The number of benzene rings is 2. The molecule has 1 radical (unpaired) electrons. The molecule has 0 fully saturated rings. The fourth-order valence-corrected chi connectivity index (χ4v) is 1.59. The van der Waals surface area contributed by atoms with E-state index in [1.807, 2.05) is 0 Å². The second-order valence-corrected chi connectivity index (χ2v) is 3.64. The van der Waals surface area contributed by atoms with Crippen LogP contribution in [0, 0.1) is 11.6 Å². The van der Waals surface area contributed by atoms with Gasteiger partial charge in [-0.1, -0.05) is 6.07 Å². The van der Waals surface area contributed by atoms with E-state index in [1.54, 1.807) is 0 Å². The first kappa shape index (κ1) is 12.0. The molecule has 1 N–H and O–H groups in total. The fraction of sp³-hybridized carbons (Fsp3) is 0. The van der Waals surface area contributed by atoms with Crippen LogP contribution < -0.4 is 0 Å². The van der Waals surface area contributed by atoms with Crippen molar-refractivity contribution in [3.63, 3.8) is 0 Å². The average Bonchev–Trinajstić information content (AvgIpc) is 2.30. The van der Waals surface area contributed by atoms with Gasteiger partial charge in [-0.05, 0) is 29.8 Å². The van der Waals surface area contributed by atoms with E-state index in [9.17, 15) is 18.7 Å². The van der Waals surface area contributed by atoms with Crippen LogP contribution >= 0.6 is 0 Å². The highest BCUT2D eigenvalue weighted by atomic mass is 19.1. The van der Waals surface area contributed by atoms with Crippen molar-refractivity contribution < 1.29 is 23.8 Å². The second-order valence-electron chi connectivity index (χ2n) is 3.64. The molecule has 0 aliphatic carbocycles. The molecule has 0 atom stereocenters. The number of carbonyl (C=O) groups is 1. The summed E-state index contributed by atoms with van der Waals surface area (Å²) in [6, 6.07) is 6.36. The maximum atomic E-state index is 13.5. The molecule has 0 amide bonds. The molecule has 0 aromatic heterocycles. The van der Waals surface area contributed by atoms with Crippen LogP contribution in [0.2, 0.25) is 0 Å². The van der Waals surface area contributed by atoms with Crippen LogP contribution in [0.1, 0.15) is 10.4 Å². The van der Waals surface area contributed by atoms with Gasteiger partial charge in [0, 0.05) is 11.6 Å². The van der Waals surface area contributed by atoms with Crippen LogP contribution in [0.3, 0.4) is 0 Å². The quantitative estimate of drug-likeness (QED) is 0.885. The topological polar surface area (TPSA) is 57.2 Å². The van der Waals surface area contributed by atoms with Crippen molar-refractivity contribution in [1.82, 2.24) is 0 Å². The fourth-order valence-electron chi connectivity index (χ4n) is 1.59. The Morgan fingerprint density at radius 1 is 1.06 bits per heavy atom. The Hall–Kier alpha value is -2.43. The SMILES string of the molecule is [O]c1ccc(-c2ccc(F)cc2F)cc1C(=O)O. The van der Waals surface area contributed by atoms with E-state index in [-0.39, 0.29) is 11.1 Å². The predicted molar refractivity (Wildman–Crippen MR) is 58.9 cm³/mol. The van der Waals surface area contributed by atoms with Crippen molar-refractivity contribution in [3.8, 4) is 16.9 Å². The maximum absolute atomic E-state index is 13.5. The van der Waals surface area contributed by atoms with Gasteiger partial charge in [0.25, 0.3) is 0 Å². The molecular formula is C13H7F2O3. The molecule has 5 heteroatoms. The van der Waals surface area contributed by atoms with Crippen molar-refractivity contribution in [2.75, 3.05) is 0 Å². The van der Waals surface area contributed by atoms with Crippen LogP contribution in [-0.2, 0) is 5.11 Å². The molecule has 0 saturated carbocycles. The molecule has 0 saturated heterocycles. The van der Waals surface area contributed by atoms with E-state index in [0.717, 1.165) is 18.2 Å². The third-order valence-electron chi connectivity index (χ3n) is 2.45. The van der Waals surface area contributed by atoms with Gasteiger partial charge >= 0.3 is 5.97 Å². The standard InChI is InChI=1S/C13H7F2O3/c14-8-2-3-9(11(15)6-8)7-1-4-12(16)10(5-7)13(17)18/h1-6H,(H,17,18). The van der Waals surface area contributed by atoms with Gasteiger partial charge in [0.05, 0.1) is 0 Å². The molecule has 0 unspecified atom stereocenters. The van der Waals surface area contributed by atoms with Crippen molar-refractivity contribution in [3.05, 3.63) is 53.6 Å². The lowest BCUT2D eigenvalue weighted by molar-refractivity contribution is 0.0692. The lowest BCUT2D eigenvalue weighted by atomic mass is 10.0. The van der Waals surface area contributed by atoms with Gasteiger partial charge in [0.1, 0.15) is 17.2 Å². The minimum absolute atomic E-state index is 0.0406. The first-order chi connectivity index (χ1) is 8.49. The van der Waals surface area contributed by atoms with Gasteiger partial charge in [-0.3, -0.25) is 5.11 Å². The first-order valence-electron chi connectivity index (χ1n) is 4.99. The largest absolute Gasteiger partial charge is 0.478 e. The number of carboxylic acids is 1. The van der Waals surface area contributed by atoms with Crippen molar-refractivity contribution in [1.29, 1.82) is 0 Å². The van der Waals surface area contributed by atoms with Crippen molar-refractivity contribution >= 4 is 5.97 Å². The molecule has 0 bridgehead atoms. The molecule has 3 nitrogen and oxygen atoms in total. The summed E-state index contributed by atoms with van der Waals surface area (Å²) in [6.45, 7) is 0. The summed E-state index contributed by atoms with van der Waals surface area (Å²) in [7, 11) is 0. The Bertz CT molecular complexity index is 624. The summed E-state index contributed by atoms with van der Waals surface area (Å²) < 4.78 is 26.3. The van der Waals surface area contributed by atoms with Crippen LogP contribution in [-0.4, -0.2) is 11.1 Å². The zero-order valence-electron chi connectivity index (χ0n) is 8.98. The number of rotatable bonds is 2. The zero-order valence-corrected chi connectivity index (χ0v) is 8.98. The Morgan fingerprint density at radius 2 is 1.78 bits per heavy atom. The van der Waals surface area contributed by atoms with Crippen LogP contribution in [0.4, 0.5) is 8.78 Å². The number of halogens is 2. The van der Waals surface area contributed by atoms with E-state index in [0.29, 0.717) is 6.07 Å². The van der Waals surface area contributed by atoms with Gasteiger partial charge in [0.2, 0.25) is 0 Å². The number of hydrogen-bond donors (Lipinski definition) is 1. The maximum Gasteiger partial charge on any atom is 0.339 e. The summed E-state index contributed by atoms with van der Waals surface area (Å²) in [6.07, 6.45) is 0.